The molecule has 0 radical (unpaired) electrons. The average Bonchev–Trinajstić information content (AvgIpc) is 3.26. The summed E-state index contributed by atoms with van der Waals surface area (Å²) in [6.45, 7) is 0.953. The van der Waals surface area contributed by atoms with Crippen molar-refractivity contribution in [3.8, 4) is 11.3 Å². The Balaban J connectivity index is 1.55. The summed E-state index contributed by atoms with van der Waals surface area (Å²) >= 11 is 5.00. The maximum Gasteiger partial charge on any atom is 0.194 e. The summed E-state index contributed by atoms with van der Waals surface area (Å²) in [6, 6.07) is 3.98. The van der Waals surface area contributed by atoms with Crippen molar-refractivity contribution in [2.75, 3.05) is 6.54 Å². The van der Waals surface area contributed by atoms with E-state index in [1.807, 2.05) is 10.7 Å². The van der Waals surface area contributed by atoms with Crippen LogP contribution in [0.2, 0.25) is 0 Å². The second kappa shape index (κ2) is 8.64. The Morgan fingerprint density at radius 1 is 1.30 bits per heavy atom. The number of nitrogens with two attached hydrogens (primary N) is 1. The molecule has 4 rings (SSSR count). The van der Waals surface area contributed by atoms with Crippen molar-refractivity contribution >= 4 is 33.0 Å². The van der Waals surface area contributed by atoms with Crippen LogP contribution in [-0.2, 0) is 19.4 Å². The lowest BCUT2D eigenvalue weighted by molar-refractivity contribution is 0.0966. The van der Waals surface area contributed by atoms with Gasteiger partial charge in [0.15, 0.2) is 23.2 Å². The summed E-state index contributed by atoms with van der Waals surface area (Å²) in [5.74, 6) is -4.42. The Bertz CT molecular complexity index is 1110. The highest BCUT2D eigenvalue weighted by Crippen LogP contribution is 2.39. The van der Waals surface area contributed by atoms with Crippen LogP contribution in [0.15, 0.2) is 28.9 Å². The van der Waals surface area contributed by atoms with Crippen molar-refractivity contribution in [3.05, 3.63) is 61.6 Å². The normalized spacial score (nSPS) is 14.2. The third-order valence-corrected chi connectivity index (χ3v) is 7.15. The fourth-order valence-electron chi connectivity index (χ4n) is 3.78. The molecule has 0 bridgehead atoms. The molecule has 0 unspecified atom stereocenters. The standard InChI is InChI=1S/C21H19BrF3N3OS/c22-14-10-27-28-5-1-2-17-13(21(14)28)8-18(30-17)16(29)7-11(9-26)6-12-3-4-15(23)20(25)19(12)24/h3-4,8,10-11H,1-2,5-7,9,26H2/t11-/m1/s1. The van der Waals surface area contributed by atoms with Crippen LogP contribution in [0.4, 0.5) is 13.2 Å². The molecule has 4 nitrogen and oxygen atoms in total. The minimum Gasteiger partial charge on any atom is -0.330 e. The van der Waals surface area contributed by atoms with Crippen LogP contribution in [0, 0.1) is 23.4 Å². The zero-order valence-electron chi connectivity index (χ0n) is 15.9. The first-order valence-corrected chi connectivity index (χ1v) is 11.2. The van der Waals surface area contributed by atoms with Gasteiger partial charge in [0.1, 0.15) is 0 Å². The number of benzene rings is 1. The molecule has 2 N–H and O–H groups in total. The van der Waals surface area contributed by atoms with Crippen LogP contribution >= 0.6 is 27.3 Å². The molecule has 9 heteroatoms. The fourth-order valence-corrected chi connectivity index (χ4v) is 5.44. The van der Waals surface area contributed by atoms with E-state index in [4.69, 9.17) is 5.73 Å². The number of ketones is 1. The van der Waals surface area contributed by atoms with E-state index in [9.17, 15) is 18.0 Å². The van der Waals surface area contributed by atoms with Gasteiger partial charge in [0.2, 0.25) is 0 Å². The lowest BCUT2D eigenvalue weighted by atomic mass is 9.93. The van der Waals surface area contributed by atoms with Crippen LogP contribution in [0.1, 0.15) is 33.0 Å². The molecule has 1 aromatic carbocycles. The van der Waals surface area contributed by atoms with Crippen molar-refractivity contribution in [2.45, 2.75) is 32.2 Å². The van der Waals surface area contributed by atoms with E-state index in [-0.39, 0.29) is 36.7 Å². The number of carbonyl (C=O) groups is 1. The van der Waals surface area contributed by atoms with Crippen molar-refractivity contribution in [1.82, 2.24) is 9.78 Å². The highest BCUT2D eigenvalue weighted by atomic mass is 79.9. The summed E-state index contributed by atoms with van der Waals surface area (Å²) < 4.78 is 43.5. The number of hydrogen-bond donors (Lipinski definition) is 1. The molecule has 0 saturated heterocycles. The van der Waals surface area contributed by atoms with E-state index in [0.29, 0.717) is 4.88 Å². The average molecular weight is 498 g/mol. The first-order chi connectivity index (χ1) is 14.4. The monoisotopic (exact) mass is 497 g/mol. The molecule has 0 spiro atoms. The molecule has 0 fully saturated rings. The number of hydrogen-bond acceptors (Lipinski definition) is 4. The van der Waals surface area contributed by atoms with Crippen LogP contribution in [-0.4, -0.2) is 22.1 Å². The molecule has 0 amide bonds. The van der Waals surface area contributed by atoms with Gasteiger partial charge in [-0.1, -0.05) is 6.07 Å². The van der Waals surface area contributed by atoms with Crippen LogP contribution in [0.5, 0.6) is 0 Å². The molecule has 30 heavy (non-hydrogen) atoms. The Labute approximate surface area is 184 Å². The second-order valence-corrected chi connectivity index (χ2v) is 9.37. The molecular weight excluding hydrogens is 479 g/mol. The molecule has 0 aliphatic carbocycles. The predicted octanol–water partition coefficient (Wildman–Crippen LogP) is 5.13. The van der Waals surface area contributed by atoms with E-state index in [1.165, 1.54) is 17.4 Å². The van der Waals surface area contributed by atoms with E-state index in [1.54, 1.807) is 6.20 Å². The van der Waals surface area contributed by atoms with Gasteiger partial charge in [-0.15, -0.1) is 11.3 Å². The van der Waals surface area contributed by atoms with E-state index in [0.717, 1.165) is 46.1 Å². The minimum atomic E-state index is -1.50. The SMILES string of the molecule is NC[C@@H](CC(=O)c1cc2c(s1)CCCn1ncc(Br)c1-2)Cc1ccc(F)c(F)c1F. The Morgan fingerprint density at radius 3 is 2.87 bits per heavy atom. The summed E-state index contributed by atoms with van der Waals surface area (Å²) in [4.78, 5) is 14.7. The number of fused-ring (bicyclic) bond motifs is 3. The van der Waals surface area contributed by atoms with Crippen LogP contribution in [0.25, 0.3) is 11.3 Å². The number of rotatable bonds is 6. The number of carbonyl (C=O) groups excluding carboxylic acids is 1. The number of aryl methyl sites for hydroxylation is 2. The highest BCUT2D eigenvalue weighted by molar-refractivity contribution is 9.10. The topological polar surface area (TPSA) is 60.9 Å². The number of nitrogens with zero attached hydrogens (tertiary/aromatic N) is 2. The smallest absolute Gasteiger partial charge is 0.194 e. The van der Waals surface area contributed by atoms with Gasteiger partial charge in [-0.2, -0.15) is 5.10 Å². The summed E-state index contributed by atoms with van der Waals surface area (Å²) in [7, 11) is 0. The van der Waals surface area contributed by atoms with Gasteiger partial charge in [0.25, 0.3) is 0 Å². The summed E-state index contributed by atoms with van der Waals surface area (Å²) in [5.41, 5.74) is 7.79. The van der Waals surface area contributed by atoms with Gasteiger partial charge >= 0.3 is 0 Å². The molecule has 158 valence electrons. The van der Waals surface area contributed by atoms with E-state index < -0.39 is 17.5 Å². The lowest BCUT2D eigenvalue weighted by Gasteiger charge is -2.14. The molecule has 0 saturated carbocycles. The maximum absolute atomic E-state index is 14.0. The highest BCUT2D eigenvalue weighted by Gasteiger charge is 2.25. The van der Waals surface area contributed by atoms with Crippen molar-refractivity contribution in [2.24, 2.45) is 11.7 Å². The summed E-state index contributed by atoms with van der Waals surface area (Å²) in [6.07, 6.45) is 3.72. The zero-order valence-corrected chi connectivity index (χ0v) is 18.3. The maximum atomic E-state index is 14.0. The molecule has 2 aromatic heterocycles. The van der Waals surface area contributed by atoms with Gasteiger partial charge in [-0.25, -0.2) is 13.2 Å². The van der Waals surface area contributed by atoms with E-state index in [2.05, 4.69) is 21.0 Å². The van der Waals surface area contributed by atoms with Gasteiger partial charge < -0.3 is 5.73 Å². The lowest BCUT2D eigenvalue weighted by Crippen LogP contribution is -2.21. The quantitative estimate of drug-likeness (QED) is 0.379. The second-order valence-electron chi connectivity index (χ2n) is 7.38. The van der Waals surface area contributed by atoms with Crippen molar-refractivity contribution in [1.29, 1.82) is 0 Å². The van der Waals surface area contributed by atoms with Crippen LogP contribution < -0.4 is 5.73 Å². The van der Waals surface area contributed by atoms with Crippen LogP contribution in [0.3, 0.4) is 0 Å². The Hall–Kier alpha value is -1.97. The summed E-state index contributed by atoms with van der Waals surface area (Å²) in [5, 5.41) is 4.38. The predicted molar refractivity (Wildman–Crippen MR) is 113 cm³/mol. The molecule has 1 aliphatic rings. The largest absolute Gasteiger partial charge is 0.330 e. The Morgan fingerprint density at radius 2 is 2.10 bits per heavy atom. The molecule has 1 aliphatic heterocycles. The third-order valence-electron chi connectivity index (χ3n) is 5.34. The molecule has 3 heterocycles. The molecular formula is C21H19BrF3N3OS. The van der Waals surface area contributed by atoms with Gasteiger partial charge in [-0.05, 0) is 65.4 Å². The van der Waals surface area contributed by atoms with Gasteiger partial charge in [-0.3, -0.25) is 9.48 Å². The first-order valence-electron chi connectivity index (χ1n) is 9.59. The molecule has 1 atom stereocenters. The third kappa shape index (κ3) is 3.98. The number of thiophene rings is 1. The number of halogens is 4. The molecule has 3 aromatic rings. The van der Waals surface area contributed by atoms with E-state index >= 15 is 0 Å². The van der Waals surface area contributed by atoms with Crippen molar-refractivity contribution < 1.29 is 18.0 Å². The van der Waals surface area contributed by atoms with Gasteiger partial charge in [0.05, 0.1) is 21.2 Å². The zero-order chi connectivity index (χ0) is 21.4. The number of Topliss-reactive ketones (excluding diaryl/α,β-unsaturated/α-hetero) is 1. The minimum absolute atomic E-state index is 0.0203. The number of aromatic nitrogens is 2. The Kier molecular flexibility index (Phi) is 6.13. The van der Waals surface area contributed by atoms with Gasteiger partial charge in [0, 0.05) is 23.4 Å². The van der Waals surface area contributed by atoms with Crippen molar-refractivity contribution in [3.63, 3.8) is 0 Å². The first kappa shape index (κ1) is 21.3. The fraction of sp³-hybridized carbons (Fsp3) is 0.333.